The number of hydrogen-bond donors (Lipinski definition) is 7. The molecule has 2 fully saturated rings. The number of sulfonamides is 1. The normalized spacial score (nSPS) is 14.5. The second-order valence-corrected chi connectivity index (χ2v) is 11.9. The first-order valence-electron chi connectivity index (χ1n) is 12.6. The Balaban J connectivity index is -0.000000653. The van der Waals surface area contributed by atoms with Crippen molar-refractivity contribution in [1.29, 1.82) is 0 Å². The van der Waals surface area contributed by atoms with Crippen LogP contribution in [0.25, 0.3) is 0 Å². The van der Waals surface area contributed by atoms with E-state index in [1.165, 1.54) is 43.2 Å². The number of piperidine rings is 2. The SMILES string of the molecule is Cl.N.N.N.N.O=S(=O)(Nc1ccc(Nc2nc(N3CCCCC3)nc(N3CCCCC3)n2)cc1O)c1ccc(Cl)cc1Cl.[HH].[HH].[HH].[HH]. The van der Waals surface area contributed by atoms with E-state index in [0.717, 1.165) is 51.9 Å². The number of phenolic OH excluding ortho intramolecular Hbond substituents is 1. The molecule has 0 spiro atoms. The highest BCUT2D eigenvalue weighted by atomic mass is 35.5. The minimum absolute atomic E-state index is 0. The summed E-state index contributed by atoms with van der Waals surface area (Å²) in [5.74, 6) is 1.36. The predicted octanol–water partition coefficient (Wildman–Crippen LogP) is 7.46. The van der Waals surface area contributed by atoms with Crippen molar-refractivity contribution in [2.75, 3.05) is 46.0 Å². The predicted molar refractivity (Wildman–Crippen MR) is 186 cm³/mol. The molecule has 1 aromatic heterocycles. The van der Waals surface area contributed by atoms with Gasteiger partial charge in [-0.1, -0.05) is 23.2 Å². The zero-order valence-corrected chi connectivity index (χ0v) is 27.1. The summed E-state index contributed by atoms with van der Waals surface area (Å²) in [5, 5.41) is 14.1. The van der Waals surface area contributed by atoms with Crippen LogP contribution in [0.15, 0.2) is 41.3 Å². The lowest BCUT2D eigenvalue weighted by atomic mass is 10.1. The Labute approximate surface area is 274 Å². The molecule has 14 nitrogen and oxygen atoms in total. The van der Waals surface area contributed by atoms with E-state index in [0.29, 0.717) is 28.6 Å². The summed E-state index contributed by atoms with van der Waals surface area (Å²) in [7, 11) is -4.06. The average molecular weight is 691 g/mol. The fourth-order valence-electron chi connectivity index (χ4n) is 4.60. The molecule has 0 aliphatic carbocycles. The number of phenols is 1. The van der Waals surface area contributed by atoms with Crippen molar-refractivity contribution in [3.63, 3.8) is 0 Å². The number of aromatic nitrogens is 3. The maximum absolute atomic E-state index is 12.8. The molecular formula is C25H50Cl3N11O3S. The second-order valence-electron chi connectivity index (χ2n) is 9.39. The van der Waals surface area contributed by atoms with Gasteiger partial charge in [0.25, 0.3) is 10.0 Å². The fourth-order valence-corrected chi connectivity index (χ4v) is 6.45. The number of nitrogens with zero attached hydrogens (tertiary/aromatic N) is 5. The Morgan fingerprint density at radius 2 is 1.30 bits per heavy atom. The second kappa shape index (κ2) is 17.4. The molecule has 0 bridgehead atoms. The Morgan fingerprint density at radius 3 is 1.79 bits per heavy atom. The molecule has 15 N–H and O–H groups in total. The zero-order valence-electron chi connectivity index (χ0n) is 23.9. The average Bonchev–Trinajstić information content (AvgIpc) is 2.91. The van der Waals surface area contributed by atoms with E-state index in [2.05, 4.69) is 29.8 Å². The summed E-state index contributed by atoms with van der Waals surface area (Å²) in [6, 6.07) is 8.57. The first-order chi connectivity index (χ1) is 18.3. The van der Waals surface area contributed by atoms with Gasteiger partial charge in [-0.05, 0) is 68.9 Å². The first-order valence-corrected chi connectivity index (χ1v) is 14.9. The number of rotatable bonds is 7. The molecule has 18 heteroatoms. The molecule has 0 radical (unpaired) electrons. The van der Waals surface area contributed by atoms with Crippen molar-refractivity contribution in [2.24, 2.45) is 0 Å². The smallest absolute Gasteiger partial charge is 0.263 e. The monoisotopic (exact) mass is 689 g/mol. The summed E-state index contributed by atoms with van der Waals surface area (Å²) in [6.45, 7) is 3.60. The van der Waals surface area contributed by atoms with Crippen LogP contribution >= 0.6 is 35.6 Å². The molecule has 250 valence electrons. The summed E-state index contributed by atoms with van der Waals surface area (Å²) in [6.07, 6.45) is 6.79. The van der Waals surface area contributed by atoms with Gasteiger partial charge < -0.3 is 44.8 Å². The molecule has 2 aliphatic heterocycles. The number of aromatic hydroxyl groups is 1. The molecule has 0 unspecified atom stereocenters. The zero-order chi connectivity index (χ0) is 26.7. The standard InChI is InChI=1S/C25H29Cl2N7O3S.ClH.4H3N.4H2/c26-17-7-10-22(19(27)15-17)38(36,37)32-20-9-8-18(16-21(20)35)28-23-29-24(33-11-3-1-4-12-33)31-25(30-23)34-13-5-2-6-14-34;;;;;;;;;/h7-10,15-16,32,35H,1-6,11-14H2,(H,28,29,30,31);1H;4*1H3;4*1H. The third-order valence-corrected chi connectivity index (χ3v) is 8.65. The molecule has 0 saturated carbocycles. The topological polar surface area (TPSA) is 264 Å². The van der Waals surface area contributed by atoms with E-state index in [4.69, 9.17) is 28.2 Å². The van der Waals surface area contributed by atoms with E-state index in [9.17, 15) is 13.5 Å². The van der Waals surface area contributed by atoms with E-state index < -0.39 is 10.0 Å². The first kappa shape index (κ1) is 40.1. The van der Waals surface area contributed by atoms with E-state index in [1.807, 2.05) is 0 Å². The summed E-state index contributed by atoms with van der Waals surface area (Å²) < 4.78 is 28.0. The van der Waals surface area contributed by atoms with Crippen molar-refractivity contribution >= 4 is 74.9 Å². The molecule has 2 aromatic carbocycles. The Morgan fingerprint density at radius 1 is 0.767 bits per heavy atom. The fraction of sp³-hybridized carbons (Fsp3) is 0.400. The highest BCUT2D eigenvalue weighted by Gasteiger charge is 2.22. The van der Waals surface area contributed by atoms with Gasteiger partial charge in [0.1, 0.15) is 10.6 Å². The third kappa shape index (κ3) is 9.81. The van der Waals surface area contributed by atoms with Crippen LogP contribution in [0.2, 0.25) is 10.0 Å². The quantitative estimate of drug-likeness (QED) is 0.119. The number of nitrogens with one attached hydrogen (secondary N) is 2. The lowest BCUT2D eigenvalue weighted by Gasteiger charge is -2.30. The number of benzene rings is 2. The van der Waals surface area contributed by atoms with Gasteiger partial charge in [-0.25, -0.2) is 8.42 Å². The maximum atomic E-state index is 12.8. The lowest BCUT2D eigenvalue weighted by Crippen LogP contribution is -2.34. The minimum Gasteiger partial charge on any atom is -0.506 e. The van der Waals surface area contributed by atoms with E-state index in [-0.39, 0.29) is 64.1 Å². The highest BCUT2D eigenvalue weighted by Crippen LogP contribution is 2.33. The van der Waals surface area contributed by atoms with Crippen molar-refractivity contribution < 1.29 is 19.2 Å². The van der Waals surface area contributed by atoms with Crippen LogP contribution in [0.3, 0.4) is 0 Å². The van der Waals surface area contributed by atoms with Gasteiger partial charge >= 0.3 is 0 Å². The molecule has 0 atom stereocenters. The van der Waals surface area contributed by atoms with Crippen LogP contribution in [-0.2, 0) is 10.0 Å². The van der Waals surface area contributed by atoms with Crippen molar-refractivity contribution in [1.82, 2.24) is 39.6 Å². The summed E-state index contributed by atoms with van der Waals surface area (Å²) in [4.78, 5) is 18.3. The molecule has 2 aliphatic rings. The number of halogens is 3. The Kier molecular flexibility index (Phi) is 16.2. The molecule has 5 rings (SSSR count). The minimum atomic E-state index is -4.06. The van der Waals surface area contributed by atoms with Crippen LogP contribution < -0.4 is 44.4 Å². The molecule has 0 amide bonds. The van der Waals surface area contributed by atoms with Gasteiger partial charge in [-0.15, -0.1) is 12.4 Å². The van der Waals surface area contributed by atoms with Gasteiger partial charge in [-0.2, -0.15) is 15.0 Å². The maximum Gasteiger partial charge on any atom is 0.263 e. The Hall–Kier alpha value is -2.89. The van der Waals surface area contributed by atoms with Crippen molar-refractivity contribution in [3.05, 3.63) is 46.4 Å². The lowest BCUT2D eigenvalue weighted by molar-refractivity contribution is 0.478. The van der Waals surface area contributed by atoms with Gasteiger partial charge in [0.05, 0.1) is 10.7 Å². The van der Waals surface area contributed by atoms with Crippen molar-refractivity contribution in [2.45, 2.75) is 43.4 Å². The van der Waals surface area contributed by atoms with Crippen LogP contribution in [0.1, 0.15) is 44.2 Å². The van der Waals surface area contributed by atoms with Crippen LogP contribution in [0.5, 0.6) is 5.75 Å². The van der Waals surface area contributed by atoms with Crippen LogP contribution in [0, 0.1) is 0 Å². The largest absolute Gasteiger partial charge is 0.506 e. The van der Waals surface area contributed by atoms with Gasteiger partial charge in [0.15, 0.2) is 0 Å². The summed E-state index contributed by atoms with van der Waals surface area (Å²) in [5.41, 5.74) is 0.496. The number of anilines is 5. The molecule has 2 saturated heterocycles. The Bertz CT molecular complexity index is 1410. The molecule has 3 aromatic rings. The molecular weight excluding hydrogens is 641 g/mol. The van der Waals surface area contributed by atoms with Gasteiger partial charge in [-0.3, -0.25) is 4.72 Å². The number of hydrogen-bond acceptors (Lipinski definition) is 13. The van der Waals surface area contributed by atoms with Crippen molar-refractivity contribution in [3.8, 4) is 5.75 Å². The molecule has 3 heterocycles. The summed E-state index contributed by atoms with van der Waals surface area (Å²) >= 11 is 11.9. The van der Waals surface area contributed by atoms with Gasteiger partial charge in [0.2, 0.25) is 17.8 Å². The van der Waals surface area contributed by atoms with E-state index >= 15 is 0 Å². The van der Waals surface area contributed by atoms with E-state index in [1.54, 1.807) is 6.07 Å². The van der Waals surface area contributed by atoms with Crippen LogP contribution in [0.4, 0.5) is 29.2 Å². The van der Waals surface area contributed by atoms with Crippen LogP contribution in [-0.4, -0.2) is 54.7 Å². The highest BCUT2D eigenvalue weighted by molar-refractivity contribution is 7.92. The third-order valence-electron chi connectivity index (χ3n) is 6.57. The van der Waals surface area contributed by atoms with Gasteiger partial charge in [0, 0.05) is 48.7 Å². The molecule has 43 heavy (non-hydrogen) atoms.